The number of rotatable bonds is 5. The number of methoxy groups -OCH3 is 1. The molecule has 0 atom stereocenters. The van der Waals surface area contributed by atoms with E-state index in [0.29, 0.717) is 18.7 Å². The zero-order chi connectivity index (χ0) is 14.6. The van der Waals surface area contributed by atoms with Crippen LogP contribution in [0.25, 0.3) is 0 Å². The van der Waals surface area contributed by atoms with Crippen molar-refractivity contribution in [1.29, 1.82) is 0 Å². The summed E-state index contributed by atoms with van der Waals surface area (Å²) in [5.74, 6) is -0.345. The number of nitrogens with one attached hydrogen (secondary N) is 2. The Bertz CT molecular complexity index is 518. The van der Waals surface area contributed by atoms with E-state index in [-0.39, 0.29) is 22.4 Å². The highest BCUT2D eigenvalue weighted by atomic mass is 16.5. The Morgan fingerprint density at radius 3 is 2.58 bits per heavy atom. The molecule has 0 radical (unpaired) electrons. The molecule has 0 saturated carbocycles. The minimum atomic E-state index is -0.348. The monoisotopic (exact) mass is 266 g/mol. The molecule has 106 valence electrons. The predicted molar refractivity (Wildman–Crippen MR) is 74.5 cm³/mol. The third-order valence-corrected chi connectivity index (χ3v) is 2.85. The normalized spacial score (nSPS) is 11.4. The predicted octanol–water partition coefficient (Wildman–Crippen LogP) is 1.39. The molecule has 1 amide bonds. The van der Waals surface area contributed by atoms with Crippen LogP contribution >= 0.6 is 0 Å². The van der Waals surface area contributed by atoms with Gasteiger partial charge in [-0.05, 0) is 25.5 Å². The maximum absolute atomic E-state index is 12.1. The lowest BCUT2D eigenvalue weighted by atomic mass is 9.94. The van der Waals surface area contributed by atoms with Crippen LogP contribution in [-0.4, -0.2) is 31.2 Å². The molecule has 1 aromatic rings. The van der Waals surface area contributed by atoms with E-state index >= 15 is 0 Å². The van der Waals surface area contributed by atoms with Gasteiger partial charge in [0, 0.05) is 24.8 Å². The fourth-order valence-electron chi connectivity index (χ4n) is 1.99. The Morgan fingerprint density at radius 2 is 2.05 bits per heavy atom. The summed E-state index contributed by atoms with van der Waals surface area (Å²) >= 11 is 0. The van der Waals surface area contributed by atoms with Crippen LogP contribution in [0.5, 0.6) is 0 Å². The van der Waals surface area contributed by atoms with E-state index in [1.165, 1.54) is 0 Å². The fourth-order valence-corrected chi connectivity index (χ4v) is 1.99. The third-order valence-electron chi connectivity index (χ3n) is 2.85. The Balaban J connectivity index is 2.83. The second-order valence-corrected chi connectivity index (χ2v) is 5.62. The maximum atomic E-state index is 12.1. The highest BCUT2D eigenvalue weighted by molar-refractivity contribution is 5.95. The summed E-state index contributed by atoms with van der Waals surface area (Å²) in [7, 11) is 1.62. The van der Waals surface area contributed by atoms with Crippen molar-refractivity contribution in [2.45, 2.75) is 27.7 Å². The molecule has 0 spiro atoms. The molecular formula is C14H22N2O3. The highest BCUT2D eigenvalue weighted by Crippen LogP contribution is 2.13. The third kappa shape index (κ3) is 4.21. The lowest BCUT2D eigenvalue weighted by Gasteiger charge is -2.23. The van der Waals surface area contributed by atoms with Gasteiger partial charge in [0.2, 0.25) is 0 Å². The Kier molecular flexibility index (Phi) is 4.89. The molecule has 0 unspecified atom stereocenters. The number of carbonyl (C=O) groups is 1. The van der Waals surface area contributed by atoms with Crippen molar-refractivity contribution in [3.8, 4) is 0 Å². The van der Waals surface area contributed by atoms with Crippen LogP contribution in [-0.2, 0) is 4.74 Å². The summed E-state index contributed by atoms with van der Waals surface area (Å²) in [4.78, 5) is 26.5. The minimum Gasteiger partial charge on any atom is -0.384 e. The standard InChI is InChI=1S/C14H22N2O3/c1-9-6-10(2)16-13(18)11(9)12(17)15-7-14(3,4)8-19-5/h6H,7-8H2,1-5H3,(H,15,17)(H,16,18). The molecule has 0 aliphatic heterocycles. The molecule has 5 nitrogen and oxygen atoms in total. The molecule has 1 heterocycles. The first kappa shape index (κ1) is 15.4. The summed E-state index contributed by atoms with van der Waals surface area (Å²) < 4.78 is 5.09. The Labute approximate surface area is 113 Å². The van der Waals surface area contributed by atoms with E-state index in [4.69, 9.17) is 4.74 Å². The fraction of sp³-hybridized carbons (Fsp3) is 0.571. The number of carbonyl (C=O) groups excluding carboxylic acids is 1. The van der Waals surface area contributed by atoms with Crippen molar-refractivity contribution in [2.75, 3.05) is 20.3 Å². The first-order valence-electron chi connectivity index (χ1n) is 6.24. The quantitative estimate of drug-likeness (QED) is 0.846. The maximum Gasteiger partial charge on any atom is 0.261 e. The van der Waals surface area contributed by atoms with E-state index in [2.05, 4.69) is 10.3 Å². The van der Waals surface area contributed by atoms with E-state index in [0.717, 1.165) is 5.69 Å². The smallest absolute Gasteiger partial charge is 0.261 e. The second-order valence-electron chi connectivity index (χ2n) is 5.62. The molecule has 1 aromatic heterocycles. The van der Waals surface area contributed by atoms with Gasteiger partial charge in [0.15, 0.2) is 0 Å². The zero-order valence-corrected chi connectivity index (χ0v) is 12.2. The van der Waals surface area contributed by atoms with E-state index in [1.54, 1.807) is 27.0 Å². The van der Waals surface area contributed by atoms with Crippen molar-refractivity contribution in [2.24, 2.45) is 5.41 Å². The number of aromatic nitrogens is 1. The number of amides is 1. The van der Waals surface area contributed by atoms with Crippen molar-refractivity contribution in [3.05, 3.63) is 33.2 Å². The summed E-state index contributed by atoms with van der Waals surface area (Å²) in [6.07, 6.45) is 0. The molecule has 0 saturated heterocycles. The number of hydrogen-bond acceptors (Lipinski definition) is 3. The zero-order valence-electron chi connectivity index (χ0n) is 12.2. The first-order valence-corrected chi connectivity index (χ1v) is 6.24. The van der Waals surface area contributed by atoms with Crippen LogP contribution in [0.3, 0.4) is 0 Å². The van der Waals surface area contributed by atoms with Gasteiger partial charge in [-0.15, -0.1) is 0 Å². The summed E-state index contributed by atoms with van der Waals surface area (Å²) in [6.45, 7) is 8.52. The van der Waals surface area contributed by atoms with Gasteiger partial charge in [-0.1, -0.05) is 13.8 Å². The van der Waals surface area contributed by atoms with E-state index < -0.39 is 0 Å². The largest absolute Gasteiger partial charge is 0.384 e. The molecule has 0 fully saturated rings. The van der Waals surface area contributed by atoms with Crippen molar-refractivity contribution < 1.29 is 9.53 Å². The molecule has 5 heteroatoms. The number of hydrogen-bond donors (Lipinski definition) is 2. The van der Waals surface area contributed by atoms with Crippen molar-refractivity contribution >= 4 is 5.91 Å². The molecule has 19 heavy (non-hydrogen) atoms. The minimum absolute atomic E-state index is 0.171. The number of ether oxygens (including phenoxy) is 1. The summed E-state index contributed by atoms with van der Waals surface area (Å²) in [5, 5.41) is 2.79. The SMILES string of the molecule is COCC(C)(C)CNC(=O)c1c(C)cc(C)[nH]c1=O. The Morgan fingerprint density at radius 1 is 1.42 bits per heavy atom. The Hall–Kier alpha value is -1.62. The van der Waals surface area contributed by atoms with Gasteiger partial charge in [0.25, 0.3) is 11.5 Å². The number of aryl methyl sites for hydroxylation is 2. The van der Waals surface area contributed by atoms with Gasteiger partial charge in [0.1, 0.15) is 5.56 Å². The average molecular weight is 266 g/mol. The topological polar surface area (TPSA) is 71.2 Å². The van der Waals surface area contributed by atoms with Gasteiger partial charge in [-0.2, -0.15) is 0 Å². The summed E-state index contributed by atoms with van der Waals surface area (Å²) in [5.41, 5.74) is 1.09. The molecule has 2 N–H and O–H groups in total. The second kappa shape index (κ2) is 6.02. The number of pyridine rings is 1. The van der Waals surface area contributed by atoms with E-state index in [9.17, 15) is 9.59 Å². The highest BCUT2D eigenvalue weighted by Gasteiger charge is 2.21. The molecule has 0 aliphatic carbocycles. The molecule has 0 aliphatic rings. The van der Waals surface area contributed by atoms with Crippen molar-refractivity contribution in [1.82, 2.24) is 10.3 Å². The number of H-pyrrole nitrogens is 1. The van der Waals surface area contributed by atoms with E-state index in [1.807, 2.05) is 13.8 Å². The molecule has 0 bridgehead atoms. The van der Waals surface area contributed by atoms with Crippen LogP contribution < -0.4 is 10.9 Å². The lowest BCUT2D eigenvalue weighted by molar-refractivity contribution is 0.0845. The lowest BCUT2D eigenvalue weighted by Crippen LogP contribution is -2.39. The van der Waals surface area contributed by atoms with Gasteiger partial charge < -0.3 is 15.0 Å². The van der Waals surface area contributed by atoms with Crippen LogP contribution in [0.15, 0.2) is 10.9 Å². The van der Waals surface area contributed by atoms with Gasteiger partial charge in [-0.3, -0.25) is 9.59 Å². The van der Waals surface area contributed by atoms with Gasteiger partial charge in [-0.25, -0.2) is 0 Å². The molecule has 1 rings (SSSR count). The number of aromatic amines is 1. The molecule has 0 aromatic carbocycles. The first-order chi connectivity index (χ1) is 8.76. The van der Waals surface area contributed by atoms with Crippen LogP contribution in [0.2, 0.25) is 0 Å². The summed E-state index contributed by atoms with van der Waals surface area (Å²) in [6, 6.07) is 1.79. The van der Waals surface area contributed by atoms with Gasteiger partial charge >= 0.3 is 0 Å². The van der Waals surface area contributed by atoms with Crippen molar-refractivity contribution in [3.63, 3.8) is 0 Å². The van der Waals surface area contributed by atoms with Crippen LogP contribution in [0, 0.1) is 19.3 Å². The average Bonchev–Trinajstić information content (AvgIpc) is 2.25. The van der Waals surface area contributed by atoms with Gasteiger partial charge in [0.05, 0.1) is 6.61 Å². The van der Waals surface area contributed by atoms with Crippen LogP contribution in [0.4, 0.5) is 0 Å². The van der Waals surface area contributed by atoms with Crippen LogP contribution in [0.1, 0.15) is 35.5 Å². The molecular weight excluding hydrogens is 244 g/mol.